The van der Waals surface area contributed by atoms with Crippen molar-refractivity contribution in [2.45, 2.75) is 19.9 Å². The summed E-state index contributed by atoms with van der Waals surface area (Å²) in [6.07, 6.45) is 0. The lowest BCUT2D eigenvalue weighted by Crippen LogP contribution is -2.57. The highest BCUT2D eigenvalue weighted by Gasteiger charge is 2.34. The molecule has 0 aliphatic carbocycles. The number of nitrogens with two attached hydrogens (primary N) is 1. The Balaban J connectivity index is 1.94. The Kier molecular flexibility index (Phi) is 2.52. The largest absolute Gasteiger partial charge is 0.383 e. The molecule has 1 unspecified atom stereocenters. The smallest absolute Gasteiger partial charge is 0.149 e. The highest BCUT2D eigenvalue weighted by molar-refractivity contribution is 5.41. The van der Waals surface area contributed by atoms with Crippen molar-refractivity contribution in [1.82, 2.24) is 19.8 Å². The molecule has 0 radical (unpaired) electrons. The molecule has 0 saturated carbocycles. The lowest BCUT2D eigenvalue weighted by atomic mass is 10.1. The molecule has 17 heavy (non-hydrogen) atoms. The van der Waals surface area contributed by atoms with Gasteiger partial charge in [-0.2, -0.15) is 0 Å². The molecule has 5 heteroatoms. The fraction of sp³-hybridized carbons (Fsp3) is 0.667. The van der Waals surface area contributed by atoms with Crippen molar-refractivity contribution in [3.63, 3.8) is 0 Å². The molecule has 4 heterocycles. The van der Waals surface area contributed by atoms with E-state index in [0.29, 0.717) is 11.9 Å². The molecule has 0 aromatic carbocycles. The lowest BCUT2D eigenvalue weighted by Gasteiger charge is -2.46. The first-order valence-electron chi connectivity index (χ1n) is 6.22. The number of hydrogen-bond donors (Lipinski definition) is 1. The van der Waals surface area contributed by atoms with Crippen LogP contribution in [-0.2, 0) is 0 Å². The van der Waals surface area contributed by atoms with Gasteiger partial charge in [0.15, 0.2) is 0 Å². The van der Waals surface area contributed by atoms with Crippen LogP contribution in [0.4, 0.5) is 5.82 Å². The van der Waals surface area contributed by atoms with Gasteiger partial charge in [-0.1, -0.05) is 0 Å². The molecule has 0 spiro atoms. The third-order valence-electron chi connectivity index (χ3n) is 4.02. The number of anilines is 1. The molecule has 2 N–H and O–H groups in total. The van der Waals surface area contributed by atoms with E-state index < -0.39 is 0 Å². The summed E-state index contributed by atoms with van der Waals surface area (Å²) in [6, 6.07) is 0.332. The van der Waals surface area contributed by atoms with Gasteiger partial charge < -0.3 is 5.73 Å². The predicted octanol–water partition coefficient (Wildman–Crippen LogP) is 0.348. The highest BCUT2D eigenvalue weighted by Crippen LogP contribution is 2.27. The molecule has 0 amide bonds. The molecule has 1 atom stereocenters. The zero-order chi connectivity index (χ0) is 12.0. The Morgan fingerprint density at radius 2 is 1.82 bits per heavy atom. The monoisotopic (exact) mass is 233 g/mol. The van der Waals surface area contributed by atoms with Crippen LogP contribution < -0.4 is 5.73 Å². The molecule has 1 aromatic rings. The van der Waals surface area contributed by atoms with Crippen molar-refractivity contribution in [3.8, 4) is 0 Å². The van der Waals surface area contributed by atoms with Crippen LogP contribution in [0, 0.1) is 13.8 Å². The molecule has 4 rings (SSSR count). The molecule has 3 aliphatic rings. The Hall–Kier alpha value is -1.20. The molecule has 3 fully saturated rings. The maximum absolute atomic E-state index is 5.94. The topological polar surface area (TPSA) is 58.3 Å². The van der Waals surface area contributed by atoms with Gasteiger partial charge in [0.05, 0.1) is 6.04 Å². The van der Waals surface area contributed by atoms with Crippen LogP contribution in [0.25, 0.3) is 0 Å². The number of aryl methyl sites for hydroxylation is 1. The van der Waals surface area contributed by atoms with E-state index in [1.54, 1.807) is 0 Å². The number of nitrogens with zero attached hydrogens (tertiary/aromatic N) is 4. The predicted molar refractivity (Wildman–Crippen MR) is 66.7 cm³/mol. The van der Waals surface area contributed by atoms with Gasteiger partial charge in [0, 0.05) is 44.0 Å². The van der Waals surface area contributed by atoms with Crippen LogP contribution in [0.3, 0.4) is 0 Å². The van der Waals surface area contributed by atoms with Gasteiger partial charge in [-0.05, 0) is 13.8 Å². The van der Waals surface area contributed by atoms with E-state index >= 15 is 0 Å². The normalized spacial score (nSPS) is 31.8. The molecule has 5 nitrogen and oxygen atoms in total. The molecule has 2 bridgehead atoms. The standard InChI is InChI=1S/C12H19N5/c1-8-9(2)14-12(15-11(8)13)10-7-16-3-5-17(10)6-4-16/h10H,3-7H2,1-2H3,(H2,13,14,15). The average molecular weight is 233 g/mol. The zero-order valence-electron chi connectivity index (χ0n) is 10.5. The Morgan fingerprint density at radius 3 is 2.35 bits per heavy atom. The summed E-state index contributed by atoms with van der Waals surface area (Å²) < 4.78 is 0. The molecule has 1 aromatic heterocycles. The lowest BCUT2D eigenvalue weighted by molar-refractivity contribution is 0.00864. The van der Waals surface area contributed by atoms with Crippen molar-refractivity contribution in [2.24, 2.45) is 0 Å². The van der Waals surface area contributed by atoms with Crippen LogP contribution in [-0.4, -0.2) is 52.5 Å². The fourth-order valence-corrected chi connectivity index (χ4v) is 2.68. The van der Waals surface area contributed by atoms with E-state index in [0.717, 1.165) is 36.7 Å². The van der Waals surface area contributed by atoms with Crippen LogP contribution in [0.5, 0.6) is 0 Å². The van der Waals surface area contributed by atoms with Crippen molar-refractivity contribution in [2.75, 3.05) is 38.5 Å². The second-order valence-corrected chi connectivity index (χ2v) is 5.03. The summed E-state index contributed by atoms with van der Waals surface area (Å²) in [5.74, 6) is 1.53. The Bertz CT molecular complexity index is 414. The van der Waals surface area contributed by atoms with E-state index in [-0.39, 0.29) is 0 Å². The summed E-state index contributed by atoms with van der Waals surface area (Å²) in [4.78, 5) is 14.1. The van der Waals surface area contributed by atoms with Crippen molar-refractivity contribution >= 4 is 5.82 Å². The maximum Gasteiger partial charge on any atom is 0.149 e. The van der Waals surface area contributed by atoms with Crippen LogP contribution in [0.1, 0.15) is 23.1 Å². The van der Waals surface area contributed by atoms with Crippen molar-refractivity contribution < 1.29 is 0 Å². The summed E-state index contributed by atoms with van der Waals surface area (Å²) in [6.45, 7) is 9.64. The van der Waals surface area contributed by atoms with Crippen molar-refractivity contribution in [3.05, 3.63) is 17.1 Å². The van der Waals surface area contributed by atoms with Crippen LogP contribution >= 0.6 is 0 Å². The minimum absolute atomic E-state index is 0.332. The molecular formula is C12H19N5. The van der Waals surface area contributed by atoms with E-state index in [1.807, 2.05) is 13.8 Å². The van der Waals surface area contributed by atoms with Gasteiger partial charge in [-0.25, -0.2) is 9.97 Å². The second-order valence-electron chi connectivity index (χ2n) is 5.03. The Morgan fingerprint density at radius 1 is 1.12 bits per heavy atom. The average Bonchev–Trinajstić information content (AvgIpc) is 2.36. The first-order valence-corrected chi connectivity index (χ1v) is 6.22. The first kappa shape index (κ1) is 10.9. The highest BCUT2D eigenvalue weighted by atomic mass is 15.4. The summed E-state index contributed by atoms with van der Waals surface area (Å²) in [7, 11) is 0. The SMILES string of the molecule is Cc1nc(C2CN3CCN2CC3)nc(N)c1C. The molecule has 92 valence electrons. The van der Waals surface area contributed by atoms with Crippen LogP contribution in [0.15, 0.2) is 0 Å². The number of hydrogen-bond acceptors (Lipinski definition) is 5. The number of rotatable bonds is 1. The number of aromatic nitrogens is 2. The van der Waals surface area contributed by atoms with Gasteiger partial charge in [-0.3, -0.25) is 9.80 Å². The van der Waals surface area contributed by atoms with Gasteiger partial charge >= 0.3 is 0 Å². The maximum atomic E-state index is 5.94. The molecule has 3 saturated heterocycles. The van der Waals surface area contributed by atoms with E-state index in [4.69, 9.17) is 5.73 Å². The summed E-state index contributed by atoms with van der Waals surface area (Å²) in [5, 5.41) is 0. The summed E-state index contributed by atoms with van der Waals surface area (Å²) >= 11 is 0. The number of fused-ring (bicyclic) bond motifs is 3. The van der Waals surface area contributed by atoms with E-state index in [2.05, 4.69) is 19.8 Å². The number of nitrogen functional groups attached to an aromatic ring is 1. The van der Waals surface area contributed by atoms with E-state index in [1.165, 1.54) is 13.1 Å². The first-order chi connectivity index (χ1) is 8.15. The Labute approximate surface area is 102 Å². The number of piperazine rings is 3. The van der Waals surface area contributed by atoms with Crippen LogP contribution in [0.2, 0.25) is 0 Å². The summed E-state index contributed by atoms with van der Waals surface area (Å²) in [5.41, 5.74) is 7.95. The van der Waals surface area contributed by atoms with Gasteiger partial charge in [0.1, 0.15) is 11.6 Å². The third kappa shape index (κ3) is 1.79. The fourth-order valence-electron chi connectivity index (χ4n) is 2.68. The zero-order valence-corrected chi connectivity index (χ0v) is 10.5. The van der Waals surface area contributed by atoms with Crippen molar-refractivity contribution in [1.29, 1.82) is 0 Å². The third-order valence-corrected chi connectivity index (χ3v) is 4.02. The van der Waals surface area contributed by atoms with Gasteiger partial charge in [0.2, 0.25) is 0 Å². The van der Waals surface area contributed by atoms with Gasteiger partial charge in [0.25, 0.3) is 0 Å². The minimum atomic E-state index is 0.332. The van der Waals surface area contributed by atoms with Gasteiger partial charge in [-0.15, -0.1) is 0 Å². The quantitative estimate of drug-likeness (QED) is 0.758. The molecule has 3 aliphatic heterocycles. The molecular weight excluding hydrogens is 214 g/mol. The van der Waals surface area contributed by atoms with E-state index in [9.17, 15) is 0 Å². The second kappa shape index (κ2) is 3.92. The minimum Gasteiger partial charge on any atom is -0.383 e.